The number of nitrogens with zero attached hydrogens (tertiary/aromatic N) is 1. The fourth-order valence-electron chi connectivity index (χ4n) is 2.49. The highest BCUT2D eigenvalue weighted by molar-refractivity contribution is 7.53. The second kappa shape index (κ2) is 7.58. The first kappa shape index (κ1) is 17.3. The summed E-state index contributed by atoms with van der Waals surface area (Å²) in [7, 11) is -3.06. The van der Waals surface area contributed by atoms with Gasteiger partial charge in [-0.05, 0) is 31.5 Å². The van der Waals surface area contributed by atoms with Crippen molar-refractivity contribution in [3.63, 3.8) is 0 Å². The Balaban J connectivity index is 1.81. The Labute approximate surface area is 146 Å². The van der Waals surface area contributed by atoms with Crippen LogP contribution in [-0.2, 0) is 19.8 Å². The highest BCUT2D eigenvalue weighted by Crippen LogP contribution is 2.51. The Morgan fingerprint density at radius 2 is 1.67 bits per heavy atom. The molecule has 0 atom stereocenters. The molecule has 0 saturated heterocycles. The lowest BCUT2D eigenvalue weighted by molar-refractivity contribution is 0.219. The standard InChI is InChI=1S/C18H20NO3PS/c1-3-21-23(20,22-4-2)13-14-9-11-15(12-10-14)18-19-16-7-5-6-8-17(16)24-18/h5-12H,3-4,13H2,1-2H3. The third-order valence-corrected chi connectivity index (χ3v) is 6.66. The number of aromatic nitrogens is 1. The van der Waals surface area contributed by atoms with Crippen LogP contribution in [0.3, 0.4) is 0 Å². The molecule has 24 heavy (non-hydrogen) atoms. The molecule has 0 spiro atoms. The number of hydrogen-bond donors (Lipinski definition) is 0. The van der Waals surface area contributed by atoms with Crippen molar-refractivity contribution >= 4 is 29.1 Å². The highest BCUT2D eigenvalue weighted by atomic mass is 32.1. The monoisotopic (exact) mass is 361 g/mol. The van der Waals surface area contributed by atoms with Crippen LogP contribution in [-0.4, -0.2) is 18.2 Å². The Bertz CT molecular complexity index is 817. The molecule has 3 aromatic rings. The van der Waals surface area contributed by atoms with Gasteiger partial charge in [0, 0.05) is 5.56 Å². The lowest BCUT2D eigenvalue weighted by Crippen LogP contribution is -1.99. The van der Waals surface area contributed by atoms with E-state index in [1.807, 2.05) is 56.3 Å². The average Bonchev–Trinajstić information content (AvgIpc) is 3.00. The van der Waals surface area contributed by atoms with E-state index in [4.69, 9.17) is 9.05 Å². The Morgan fingerprint density at radius 1 is 1.00 bits per heavy atom. The van der Waals surface area contributed by atoms with E-state index in [1.165, 1.54) is 4.70 Å². The maximum Gasteiger partial charge on any atom is 0.335 e. The van der Waals surface area contributed by atoms with Gasteiger partial charge < -0.3 is 9.05 Å². The second-order valence-electron chi connectivity index (χ2n) is 5.29. The number of hydrogen-bond acceptors (Lipinski definition) is 5. The average molecular weight is 361 g/mol. The van der Waals surface area contributed by atoms with Crippen LogP contribution in [0.25, 0.3) is 20.8 Å². The van der Waals surface area contributed by atoms with Crippen molar-refractivity contribution < 1.29 is 13.6 Å². The van der Waals surface area contributed by atoms with E-state index in [0.717, 1.165) is 21.7 Å². The SMILES string of the molecule is CCOP(=O)(Cc1ccc(-c2nc3ccccc3s2)cc1)OCC. The summed E-state index contributed by atoms with van der Waals surface area (Å²) >= 11 is 1.67. The molecule has 4 nitrogen and oxygen atoms in total. The first-order valence-electron chi connectivity index (χ1n) is 7.96. The van der Waals surface area contributed by atoms with Crippen LogP contribution < -0.4 is 0 Å². The van der Waals surface area contributed by atoms with E-state index in [1.54, 1.807) is 11.3 Å². The molecule has 0 aliphatic rings. The number of fused-ring (bicyclic) bond motifs is 1. The molecule has 0 bridgehead atoms. The van der Waals surface area contributed by atoms with Crippen molar-refractivity contribution in [2.75, 3.05) is 13.2 Å². The van der Waals surface area contributed by atoms with Crippen LogP contribution in [0.15, 0.2) is 48.5 Å². The van der Waals surface area contributed by atoms with Crippen molar-refractivity contribution in [1.82, 2.24) is 4.98 Å². The van der Waals surface area contributed by atoms with E-state index in [-0.39, 0.29) is 6.16 Å². The van der Waals surface area contributed by atoms with E-state index >= 15 is 0 Å². The minimum absolute atomic E-state index is 0.287. The van der Waals surface area contributed by atoms with Crippen molar-refractivity contribution in [3.8, 4) is 10.6 Å². The quantitative estimate of drug-likeness (QED) is 0.504. The summed E-state index contributed by atoms with van der Waals surface area (Å²) in [6.07, 6.45) is 0.287. The molecular weight excluding hydrogens is 341 g/mol. The number of para-hydroxylation sites is 1. The third kappa shape index (κ3) is 3.93. The Morgan fingerprint density at radius 3 is 2.29 bits per heavy atom. The molecule has 6 heteroatoms. The van der Waals surface area contributed by atoms with Gasteiger partial charge in [-0.1, -0.05) is 36.4 Å². The highest BCUT2D eigenvalue weighted by Gasteiger charge is 2.23. The summed E-state index contributed by atoms with van der Waals surface area (Å²) in [5.41, 5.74) is 3.01. The molecule has 0 radical (unpaired) electrons. The minimum Gasteiger partial charge on any atom is -0.309 e. The van der Waals surface area contributed by atoms with Gasteiger partial charge in [0.05, 0.1) is 29.6 Å². The van der Waals surface area contributed by atoms with Gasteiger partial charge >= 0.3 is 7.60 Å². The first-order valence-corrected chi connectivity index (χ1v) is 10.5. The Hall–Kier alpha value is -1.52. The lowest BCUT2D eigenvalue weighted by Gasteiger charge is -2.17. The van der Waals surface area contributed by atoms with Crippen LogP contribution in [0.1, 0.15) is 19.4 Å². The molecule has 0 unspecified atom stereocenters. The molecule has 0 amide bonds. The van der Waals surface area contributed by atoms with Crippen molar-refractivity contribution in [3.05, 3.63) is 54.1 Å². The predicted molar refractivity (Wildman–Crippen MR) is 99.6 cm³/mol. The summed E-state index contributed by atoms with van der Waals surface area (Å²) in [6.45, 7) is 4.39. The number of rotatable bonds is 7. The number of thiazole rings is 1. The van der Waals surface area contributed by atoms with E-state index in [9.17, 15) is 4.57 Å². The fraction of sp³-hybridized carbons (Fsp3) is 0.278. The van der Waals surface area contributed by atoms with Gasteiger partial charge in [0.25, 0.3) is 0 Å². The maximum absolute atomic E-state index is 12.6. The molecule has 0 aliphatic carbocycles. The van der Waals surface area contributed by atoms with Gasteiger partial charge in [-0.25, -0.2) is 4.98 Å². The van der Waals surface area contributed by atoms with Crippen molar-refractivity contribution in [2.45, 2.75) is 20.0 Å². The third-order valence-electron chi connectivity index (χ3n) is 3.52. The van der Waals surface area contributed by atoms with Crippen molar-refractivity contribution in [1.29, 1.82) is 0 Å². The fourth-order valence-corrected chi connectivity index (χ4v) is 5.17. The normalized spacial score (nSPS) is 11.9. The van der Waals surface area contributed by atoms with Crippen molar-refractivity contribution in [2.24, 2.45) is 0 Å². The molecule has 1 aromatic heterocycles. The summed E-state index contributed by atoms with van der Waals surface area (Å²) in [6, 6.07) is 16.1. The lowest BCUT2D eigenvalue weighted by atomic mass is 10.2. The van der Waals surface area contributed by atoms with E-state index in [0.29, 0.717) is 13.2 Å². The van der Waals surface area contributed by atoms with Crippen LogP contribution in [0.5, 0.6) is 0 Å². The summed E-state index contributed by atoms with van der Waals surface area (Å²) in [5.74, 6) is 0. The molecule has 2 aromatic carbocycles. The van der Waals surface area contributed by atoms with Gasteiger partial charge in [-0.2, -0.15) is 0 Å². The summed E-state index contributed by atoms with van der Waals surface area (Å²) < 4.78 is 24.5. The van der Waals surface area contributed by atoms with Gasteiger partial charge in [0.15, 0.2) is 0 Å². The molecule has 0 saturated carbocycles. The van der Waals surface area contributed by atoms with Gasteiger partial charge in [-0.15, -0.1) is 11.3 Å². The summed E-state index contributed by atoms with van der Waals surface area (Å²) in [5, 5.41) is 0.987. The first-order chi connectivity index (χ1) is 11.6. The van der Waals surface area contributed by atoms with E-state index < -0.39 is 7.60 Å². The van der Waals surface area contributed by atoms with Crippen LogP contribution in [0, 0.1) is 0 Å². The smallest absolute Gasteiger partial charge is 0.309 e. The number of benzene rings is 2. The zero-order valence-corrected chi connectivity index (χ0v) is 15.5. The van der Waals surface area contributed by atoms with Crippen LogP contribution in [0.4, 0.5) is 0 Å². The molecule has 126 valence electrons. The van der Waals surface area contributed by atoms with E-state index in [2.05, 4.69) is 11.1 Å². The molecule has 0 aliphatic heterocycles. The zero-order chi connectivity index (χ0) is 17.0. The van der Waals surface area contributed by atoms with Gasteiger partial charge in [-0.3, -0.25) is 4.57 Å². The molecule has 0 fully saturated rings. The molecule has 1 heterocycles. The zero-order valence-electron chi connectivity index (χ0n) is 13.8. The molecule has 3 rings (SSSR count). The minimum atomic E-state index is -3.06. The largest absolute Gasteiger partial charge is 0.335 e. The van der Waals surface area contributed by atoms with Crippen LogP contribution in [0.2, 0.25) is 0 Å². The Kier molecular flexibility index (Phi) is 5.47. The van der Waals surface area contributed by atoms with Crippen LogP contribution >= 0.6 is 18.9 Å². The predicted octanol–water partition coefficient (Wildman–Crippen LogP) is 5.73. The maximum atomic E-state index is 12.6. The second-order valence-corrected chi connectivity index (χ2v) is 8.37. The molecular formula is C18H20NO3PS. The topological polar surface area (TPSA) is 48.4 Å². The summed E-state index contributed by atoms with van der Waals surface area (Å²) in [4.78, 5) is 4.66. The molecule has 0 N–H and O–H groups in total. The van der Waals surface area contributed by atoms with Gasteiger partial charge in [0.2, 0.25) is 0 Å². The van der Waals surface area contributed by atoms with Gasteiger partial charge in [0.1, 0.15) is 5.01 Å².